The molecule has 0 aliphatic rings. The summed E-state index contributed by atoms with van der Waals surface area (Å²) in [6, 6.07) is 9.12. The van der Waals surface area contributed by atoms with Crippen molar-refractivity contribution in [2.75, 3.05) is 14.2 Å². The zero-order valence-corrected chi connectivity index (χ0v) is 10.0. The summed E-state index contributed by atoms with van der Waals surface area (Å²) in [5.74, 6) is -1.39. The molecule has 0 N–H and O–H groups in total. The van der Waals surface area contributed by atoms with E-state index in [0.29, 0.717) is 5.57 Å². The number of ether oxygens (including phenoxy) is 2. The van der Waals surface area contributed by atoms with Crippen LogP contribution in [-0.4, -0.2) is 26.2 Å². The van der Waals surface area contributed by atoms with Gasteiger partial charge in [0.05, 0.1) is 14.2 Å². The molecular formula is C13H14O4. The summed E-state index contributed by atoms with van der Waals surface area (Å²) in [5, 5.41) is 0. The number of allylic oxidation sites excluding steroid dienone is 1. The maximum Gasteiger partial charge on any atom is 0.345 e. The van der Waals surface area contributed by atoms with E-state index in [1.165, 1.54) is 14.2 Å². The van der Waals surface area contributed by atoms with Crippen LogP contribution >= 0.6 is 0 Å². The largest absolute Gasteiger partial charge is 0.465 e. The summed E-state index contributed by atoms with van der Waals surface area (Å²) in [4.78, 5) is 23.1. The maximum atomic E-state index is 11.5. The summed E-state index contributed by atoms with van der Waals surface area (Å²) >= 11 is 0. The summed E-state index contributed by atoms with van der Waals surface area (Å²) in [6.45, 7) is 1.68. The SMILES string of the molecule is COC(=O)C(C(=O)OC)=C(C)c1ccccc1. The smallest absolute Gasteiger partial charge is 0.345 e. The summed E-state index contributed by atoms with van der Waals surface area (Å²) in [5.41, 5.74) is 1.23. The standard InChI is InChI=1S/C13H14O4/c1-9(10-7-5-4-6-8-10)11(12(14)16-2)13(15)17-3/h4-8H,1-3H3. The minimum atomic E-state index is -0.696. The van der Waals surface area contributed by atoms with Gasteiger partial charge in [-0.2, -0.15) is 0 Å². The van der Waals surface area contributed by atoms with Gasteiger partial charge in [0, 0.05) is 0 Å². The van der Waals surface area contributed by atoms with Crippen molar-refractivity contribution in [1.29, 1.82) is 0 Å². The van der Waals surface area contributed by atoms with Gasteiger partial charge in [0.15, 0.2) is 0 Å². The lowest BCUT2D eigenvalue weighted by atomic mass is 10.0. The molecule has 90 valence electrons. The Labute approximate surface area is 99.8 Å². The van der Waals surface area contributed by atoms with E-state index < -0.39 is 11.9 Å². The highest BCUT2D eigenvalue weighted by atomic mass is 16.5. The molecule has 4 heteroatoms. The van der Waals surface area contributed by atoms with E-state index in [1.54, 1.807) is 19.1 Å². The topological polar surface area (TPSA) is 52.6 Å². The van der Waals surface area contributed by atoms with E-state index in [1.807, 2.05) is 18.2 Å². The molecule has 1 aromatic carbocycles. The molecule has 0 amide bonds. The van der Waals surface area contributed by atoms with Crippen molar-refractivity contribution in [3.8, 4) is 0 Å². The first kappa shape index (κ1) is 13.0. The van der Waals surface area contributed by atoms with Crippen LogP contribution < -0.4 is 0 Å². The molecule has 0 heterocycles. The van der Waals surface area contributed by atoms with Crippen molar-refractivity contribution in [1.82, 2.24) is 0 Å². The van der Waals surface area contributed by atoms with Crippen LogP contribution in [0.5, 0.6) is 0 Å². The lowest BCUT2D eigenvalue weighted by Crippen LogP contribution is -2.17. The lowest BCUT2D eigenvalue weighted by Gasteiger charge is -2.08. The van der Waals surface area contributed by atoms with Crippen LogP contribution in [0, 0.1) is 0 Å². The molecule has 0 aromatic heterocycles. The molecule has 0 fully saturated rings. The van der Waals surface area contributed by atoms with Crippen molar-refractivity contribution in [3.63, 3.8) is 0 Å². The normalized spacial score (nSPS) is 9.35. The second-order valence-corrected chi connectivity index (χ2v) is 3.35. The van der Waals surface area contributed by atoms with E-state index in [2.05, 4.69) is 9.47 Å². The van der Waals surface area contributed by atoms with Crippen molar-refractivity contribution in [2.45, 2.75) is 6.92 Å². The van der Waals surface area contributed by atoms with Crippen LogP contribution in [-0.2, 0) is 19.1 Å². The van der Waals surface area contributed by atoms with E-state index in [0.717, 1.165) is 5.56 Å². The van der Waals surface area contributed by atoms with Crippen molar-refractivity contribution >= 4 is 17.5 Å². The van der Waals surface area contributed by atoms with E-state index in [-0.39, 0.29) is 5.57 Å². The van der Waals surface area contributed by atoms with Crippen LogP contribution in [0.2, 0.25) is 0 Å². The minimum Gasteiger partial charge on any atom is -0.465 e. The molecule has 4 nitrogen and oxygen atoms in total. The van der Waals surface area contributed by atoms with Crippen LogP contribution in [0.3, 0.4) is 0 Å². The first-order chi connectivity index (χ1) is 8.11. The average molecular weight is 234 g/mol. The highest BCUT2D eigenvalue weighted by Crippen LogP contribution is 2.19. The number of hydrogen-bond donors (Lipinski definition) is 0. The Balaban J connectivity index is 3.29. The third-order valence-electron chi connectivity index (χ3n) is 2.36. The summed E-state index contributed by atoms with van der Waals surface area (Å²) in [6.07, 6.45) is 0. The number of carbonyl (C=O) groups is 2. The predicted molar refractivity (Wildman–Crippen MR) is 63.1 cm³/mol. The Kier molecular flexibility index (Phi) is 4.46. The van der Waals surface area contributed by atoms with Gasteiger partial charge in [-0.3, -0.25) is 0 Å². The molecule has 0 aliphatic heterocycles. The van der Waals surface area contributed by atoms with Crippen LogP contribution in [0.15, 0.2) is 35.9 Å². The number of esters is 2. The first-order valence-corrected chi connectivity index (χ1v) is 5.04. The van der Waals surface area contributed by atoms with Gasteiger partial charge < -0.3 is 9.47 Å². The third kappa shape index (κ3) is 2.93. The molecule has 1 rings (SSSR count). The molecule has 0 saturated carbocycles. The Morgan fingerprint density at radius 1 is 0.941 bits per heavy atom. The molecule has 0 radical (unpaired) electrons. The fourth-order valence-corrected chi connectivity index (χ4v) is 1.43. The summed E-state index contributed by atoms with van der Waals surface area (Å²) in [7, 11) is 2.45. The first-order valence-electron chi connectivity index (χ1n) is 5.04. The van der Waals surface area contributed by atoms with E-state index in [9.17, 15) is 9.59 Å². The monoisotopic (exact) mass is 234 g/mol. The average Bonchev–Trinajstić information content (AvgIpc) is 2.39. The number of hydrogen-bond acceptors (Lipinski definition) is 4. The molecular weight excluding hydrogens is 220 g/mol. The molecule has 0 saturated heterocycles. The number of benzene rings is 1. The van der Waals surface area contributed by atoms with Gasteiger partial charge in [0.2, 0.25) is 0 Å². The van der Waals surface area contributed by atoms with Crippen LogP contribution in [0.25, 0.3) is 5.57 Å². The van der Waals surface area contributed by atoms with Crippen LogP contribution in [0.1, 0.15) is 12.5 Å². The Hall–Kier alpha value is -2.10. The van der Waals surface area contributed by atoms with Gasteiger partial charge in [-0.25, -0.2) is 9.59 Å². The Morgan fingerprint density at radius 3 is 1.82 bits per heavy atom. The third-order valence-corrected chi connectivity index (χ3v) is 2.36. The van der Waals surface area contributed by atoms with E-state index >= 15 is 0 Å². The van der Waals surface area contributed by atoms with Gasteiger partial charge in [-0.1, -0.05) is 30.3 Å². The van der Waals surface area contributed by atoms with Crippen molar-refractivity contribution in [2.24, 2.45) is 0 Å². The van der Waals surface area contributed by atoms with Gasteiger partial charge in [0.25, 0.3) is 0 Å². The fraction of sp³-hybridized carbons (Fsp3) is 0.231. The second-order valence-electron chi connectivity index (χ2n) is 3.35. The summed E-state index contributed by atoms with van der Waals surface area (Å²) < 4.78 is 9.16. The highest BCUT2D eigenvalue weighted by molar-refractivity contribution is 6.19. The molecule has 0 bridgehead atoms. The molecule has 0 atom stereocenters. The maximum absolute atomic E-state index is 11.5. The number of carbonyl (C=O) groups excluding carboxylic acids is 2. The number of rotatable bonds is 3. The highest BCUT2D eigenvalue weighted by Gasteiger charge is 2.23. The quantitative estimate of drug-likeness (QED) is 0.346. The zero-order chi connectivity index (χ0) is 12.8. The molecule has 0 aliphatic carbocycles. The second kappa shape index (κ2) is 5.84. The van der Waals surface area contributed by atoms with Crippen molar-refractivity contribution < 1.29 is 19.1 Å². The predicted octanol–water partition coefficient (Wildman–Crippen LogP) is 1.81. The molecule has 1 aromatic rings. The molecule has 0 spiro atoms. The van der Waals surface area contributed by atoms with Crippen LogP contribution in [0.4, 0.5) is 0 Å². The Morgan fingerprint density at radius 2 is 1.41 bits per heavy atom. The molecule has 17 heavy (non-hydrogen) atoms. The fourth-order valence-electron chi connectivity index (χ4n) is 1.43. The van der Waals surface area contributed by atoms with Gasteiger partial charge in [-0.15, -0.1) is 0 Å². The van der Waals surface area contributed by atoms with Gasteiger partial charge in [0.1, 0.15) is 5.57 Å². The number of methoxy groups -OCH3 is 2. The van der Waals surface area contributed by atoms with Gasteiger partial charge >= 0.3 is 11.9 Å². The Bertz CT molecular complexity index is 428. The zero-order valence-electron chi connectivity index (χ0n) is 10.0. The molecule has 0 unspecified atom stereocenters. The lowest BCUT2D eigenvalue weighted by molar-refractivity contribution is -0.143. The van der Waals surface area contributed by atoms with E-state index in [4.69, 9.17) is 0 Å². The van der Waals surface area contributed by atoms with Crippen molar-refractivity contribution in [3.05, 3.63) is 41.5 Å². The van der Waals surface area contributed by atoms with Gasteiger partial charge in [-0.05, 0) is 18.1 Å². The minimum absolute atomic E-state index is 0.0822.